The van der Waals surface area contributed by atoms with Crippen LogP contribution in [0.1, 0.15) is 41.5 Å². The molecule has 3 nitrogen and oxygen atoms in total. The zero-order chi connectivity index (χ0) is 17.4. The summed E-state index contributed by atoms with van der Waals surface area (Å²) in [5, 5.41) is 24.2. The molecule has 0 aliphatic rings. The summed E-state index contributed by atoms with van der Waals surface area (Å²) in [6.45, 7) is 16.9. The van der Waals surface area contributed by atoms with Crippen LogP contribution in [-0.4, -0.2) is 41.7 Å². The number of halogens is 1. The Morgan fingerprint density at radius 2 is 1.00 bits per heavy atom. The number of hydrogen-bond acceptors (Lipinski definition) is 3. The predicted molar refractivity (Wildman–Crippen MR) is 93.3 cm³/mol. The maximum absolute atomic E-state index is 8.06. The fraction of sp³-hybridized carbons (Fsp3) is 0.800. The van der Waals surface area contributed by atoms with E-state index in [-0.39, 0.29) is 40.0 Å². The molecule has 0 radical (unpaired) electrons. The number of aliphatic hydroxyl groups is 3. The van der Waals surface area contributed by atoms with Gasteiger partial charge in [-0.25, -0.2) is 11.6 Å². The predicted octanol–water partition coefficient (Wildman–Crippen LogP) is 3.43. The largest absolute Gasteiger partial charge is 0.394 e. The van der Waals surface area contributed by atoms with Crippen molar-refractivity contribution in [1.29, 1.82) is 0 Å². The number of rotatable bonds is 0. The van der Waals surface area contributed by atoms with Crippen LogP contribution in [0.5, 0.6) is 0 Å². The molecule has 0 aliphatic carbocycles. The van der Waals surface area contributed by atoms with Gasteiger partial charge in [0, 0.05) is 48.1 Å². The molecule has 0 rings (SSSR count). The zero-order valence-corrected chi connectivity index (χ0v) is 18.3. The topological polar surface area (TPSA) is 60.7 Å². The smallest absolute Gasteiger partial charge is 0.0483 e. The van der Waals surface area contributed by atoms with Crippen molar-refractivity contribution < 1.29 is 37.0 Å². The monoisotopic (exact) mass is 373 g/mol. The van der Waals surface area contributed by atoms with Gasteiger partial charge in [0.1, 0.15) is 0 Å². The molecule has 21 heavy (non-hydrogen) atoms. The Bertz CT molecular complexity index is 209. The third kappa shape index (κ3) is 230. The van der Waals surface area contributed by atoms with Gasteiger partial charge in [0.05, 0.1) is 0 Å². The van der Waals surface area contributed by atoms with Gasteiger partial charge < -0.3 is 20.9 Å². The Labute approximate surface area is 153 Å². The van der Waals surface area contributed by atoms with Crippen LogP contribution in [0.4, 0.5) is 0 Å². The average Bonchev–Trinajstić information content (AvgIpc) is 2.10. The van der Waals surface area contributed by atoms with Crippen molar-refractivity contribution in [2.75, 3.05) is 0 Å². The normalized spacial score (nSPS) is 8.76. The first-order valence-electron chi connectivity index (χ1n) is 6.75. The number of aliphatic hydroxyl groups excluding tert-OH is 3. The van der Waals surface area contributed by atoms with E-state index in [0.717, 1.165) is 0 Å². The fourth-order valence-corrected chi connectivity index (χ4v) is 0.895. The van der Waals surface area contributed by atoms with Gasteiger partial charge in [0.2, 0.25) is 0 Å². The minimum atomic E-state index is -1.15. The van der Waals surface area contributed by atoms with Gasteiger partial charge in [-0.2, -0.15) is 0 Å². The van der Waals surface area contributed by atoms with Crippen molar-refractivity contribution in [2.24, 2.45) is 0 Å². The Morgan fingerprint density at radius 1 is 0.810 bits per heavy atom. The second-order valence-corrected chi connectivity index (χ2v) is 10.9. The molecule has 0 amide bonds. The molecule has 0 saturated carbocycles. The molecule has 0 aromatic carbocycles. The molecular formula is C15H34ClO3SiTi-. The summed E-state index contributed by atoms with van der Waals surface area (Å²) in [6.07, 6.45) is -0.500. The summed E-state index contributed by atoms with van der Waals surface area (Å²) in [6, 6.07) is 0. The van der Waals surface area contributed by atoms with Crippen molar-refractivity contribution in [3.8, 4) is 11.5 Å². The minimum Gasteiger partial charge on any atom is -0.394 e. The molecule has 0 atom stereocenters. The van der Waals surface area contributed by atoms with E-state index in [1.54, 1.807) is 41.5 Å². The van der Waals surface area contributed by atoms with E-state index in [9.17, 15) is 0 Å². The SMILES string of the molecule is CC(C)O.CC(C)O.CC(C)O.C[Si](C)(C)C#C[CH-]Cl.[Ti]. The maximum atomic E-state index is 8.06. The molecular weight excluding hydrogens is 340 g/mol. The van der Waals surface area contributed by atoms with Crippen molar-refractivity contribution in [3.63, 3.8) is 0 Å². The van der Waals surface area contributed by atoms with Crippen molar-refractivity contribution in [2.45, 2.75) is 79.5 Å². The first kappa shape index (κ1) is 33.2. The van der Waals surface area contributed by atoms with Crippen molar-refractivity contribution in [3.05, 3.63) is 5.88 Å². The summed E-state index contributed by atoms with van der Waals surface area (Å²) in [5.41, 5.74) is 3.07. The Kier molecular flexibility index (Phi) is 36.1. The second kappa shape index (κ2) is 22.8. The molecule has 0 heterocycles. The van der Waals surface area contributed by atoms with Crippen molar-refractivity contribution >= 4 is 19.7 Å². The molecule has 0 fully saturated rings. The van der Waals surface area contributed by atoms with Gasteiger partial charge in [-0.1, -0.05) is 25.5 Å². The van der Waals surface area contributed by atoms with E-state index < -0.39 is 8.07 Å². The molecule has 128 valence electrons. The maximum Gasteiger partial charge on any atom is 0.0483 e. The van der Waals surface area contributed by atoms with Crippen LogP contribution in [0.25, 0.3) is 0 Å². The van der Waals surface area contributed by atoms with Gasteiger partial charge >= 0.3 is 0 Å². The van der Waals surface area contributed by atoms with Gasteiger partial charge in [0.15, 0.2) is 0 Å². The summed E-state index contributed by atoms with van der Waals surface area (Å²) < 4.78 is 0. The van der Waals surface area contributed by atoms with Crippen LogP contribution in [0, 0.1) is 17.3 Å². The molecule has 3 N–H and O–H groups in total. The first-order valence-corrected chi connectivity index (χ1v) is 10.7. The summed E-state index contributed by atoms with van der Waals surface area (Å²) in [7, 11) is -1.15. The van der Waals surface area contributed by atoms with E-state index >= 15 is 0 Å². The standard InChI is InChI=1S/C6H10ClSi.3C3H8O.Ti/c1-8(2,3)6-4-5-7;3*1-3(2)4;/h5H,1-3H3;3*3-4H,1-2H3;/q-1;;;;. The van der Waals surface area contributed by atoms with E-state index in [1.807, 2.05) is 0 Å². The average molecular weight is 374 g/mol. The van der Waals surface area contributed by atoms with Gasteiger partial charge in [-0.3, -0.25) is 5.92 Å². The van der Waals surface area contributed by atoms with E-state index in [2.05, 4.69) is 31.1 Å². The Morgan fingerprint density at radius 3 is 1.05 bits per heavy atom. The van der Waals surface area contributed by atoms with Crippen LogP contribution >= 0.6 is 11.6 Å². The van der Waals surface area contributed by atoms with E-state index in [4.69, 9.17) is 26.9 Å². The minimum absolute atomic E-state index is 0. The van der Waals surface area contributed by atoms with E-state index in [0.29, 0.717) is 0 Å². The summed E-state index contributed by atoms with van der Waals surface area (Å²) >= 11 is 5.23. The van der Waals surface area contributed by atoms with Crippen LogP contribution in [0.3, 0.4) is 0 Å². The molecule has 0 bridgehead atoms. The quantitative estimate of drug-likeness (QED) is 0.346. The first-order chi connectivity index (χ1) is 8.76. The second-order valence-electron chi connectivity index (χ2n) is 5.91. The third-order valence-corrected chi connectivity index (χ3v) is 1.51. The van der Waals surface area contributed by atoms with Crippen LogP contribution in [0.15, 0.2) is 0 Å². The third-order valence-electron chi connectivity index (χ3n) is 0.502. The molecule has 0 aromatic rings. The molecule has 0 spiro atoms. The van der Waals surface area contributed by atoms with Crippen LogP contribution in [0.2, 0.25) is 19.6 Å². The summed E-state index contributed by atoms with van der Waals surface area (Å²) in [4.78, 5) is 0. The summed E-state index contributed by atoms with van der Waals surface area (Å²) in [5.74, 6) is 4.11. The fourth-order valence-electron chi connectivity index (χ4n) is 0.244. The zero-order valence-electron chi connectivity index (χ0n) is 15.0. The molecule has 0 aromatic heterocycles. The van der Waals surface area contributed by atoms with E-state index in [1.165, 1.54) is 5.88 Å². The molecule has 0 saturated heterocycles. The Hall–Kier alpha value is 0.531. The van der Waals surface area contributed by atoms with Crippen LogP contribution < -0.4 is 0 Å². The van der Waals surface area contributed by atoms with Gasteiger partial charge in [-0.15, -0.1) is 0 Å². The molecule has 0 unspecified atom stereocenters. The molecule has 6 heteroatoms. The van der Waals surface area contributed by atoms with Gasteiger partial charge in [-0.05, 0) is 41.5 Å². The van der Waals surface area contributed by atoms with Gasteiger partial charge in [0.25, 0.3) is 0 Å². The number of hydrogen-bond donors (Lipinski definition) is 3. The molecule has 0 aliphatic heterocycles. The van der Waals surface area contributed by atoms with Crippen molar-refractivity contribution in [1.82, 2.24) is 0 Å². The van der Waals surface area contributed by atoms with Crippen LogP contribution in [-0.2, 0) is 21.7 Å². The Balaban J connectivity index is -0.0000000570.